The van der Waals surface area contributed by atoms with Gasteiger partial charge in [-0.3, -0.25) is 14.2 Å². The highest BCUT2D eigenvalue weighted by molar-refractivity contribution is 7.98. The molecule has 26 heavy (non-hydrogen) atoms. The Balaban J connectivity index is 2.00. The van der Waals surface area contributed by atoms with E-state index in [9.17, 15) is 9.59 Å². The molecule has 0 unspecified atom stereocenters. The first-order valence-corrected chi connectivity index (χ1v) is 10.6. The summed E-state index contributed by atoms with van der Waals surface area (Å²) in [5, 5.41) is 1.17. The number of carbonyl (C=O) groups is 1. The van der Waals surface area contributed by atoms with Crippen LogP contribution in [0.1, 0.15) is 18.7 Å². The molecule has 0 atom stereocenters. The second kappa shape index (κ2) is 8.05. The number of amides is 1. The number of rotatable bonds is 6. The second-order valence-electron chi connectivity index (χ2n) is 5.75. The first-order chi connectivity index (χ1) is 12.6. The molecule has 5 nitrogen and oxygen atoms in total. The van der Waals surface area contributed by atoms with Crippen LogP contribution in [0.15, 0.2) is 46.3 Å². The summed E-state index contributed by atoms with van der Waals surface area (Å²) in [6.45, 7) is 4.51. The molecule has 0 radical (unpaired) electrons. The van der Waals surface area contributed by atoms with Crippen LogP contribution in [-0.2, 0) is 17.8 Å². The fourth-order valence-corrected chi connectivity index (χ4v) is 4.41. The zero-order chi connectivity index (χ0) is 18.7. The molecule has 0 saturated carbocycles. The lowest BCUT2D eigenvalue weighted by Gasteiger charge is -2.22. The molecule has 0 aliphatic heterocycles. The maximum atomic E-state index is 13.0. The van der Waals surface area contributed by atoms with Gasteiger partial charge in [0.2, 0.25) is 5.91 Å². The molecule has 0 aliphatic rings. The van der Waals surface area contributed by atoms with Gasteiger partial charge in [0.15, 0.2) is 5.16 Å². The third-order valence-electron chi connectivity index (χ3n) is 4.18. The van der Waals surface area contributed by atoms with Crippen LogP contribution in [0.2, 0.25) is 0 Å². The highest BCUT2D eigenvalue weighted by atomic mass is 32.2. The first-order valence-electron chi connectivity index (χ1n) is 8.51. The van der Waals surface area contributed by atoms with E-state index < -0.39 is 0 Å². The van der Waals surface area contributed by atoms with Crippen LogP contribution >= 0.6 is 23.1 Å². The lowest BCUT2D eigenvalue weighted by molar-refractivity contribution is -0.119. The molecular weight excluding hydrogens is 366 g/mol. The number of hydrogen-bond donors (Lipinski definition) is 0. The average Bonchev–Trinajstić information content (AvgIpc) is 3.09. The Morgan fingerprint density at radius 3 is 2.62 bits per heavy atom. The van der Waals surface area contributed by atoms with Crippen LogP contribution in [0.25, 0.3) is 10.2 Å². The van der Waals surface area contributed by atoms with E-state index >= 15 is 0 Å². The summed E-state index contributed by atoms with van der Waals surface area (Å²) in [6, 6.07) is 11.4. The van der Waals surface area contributed by atoms with E-state index in [2.05, 4.69) is 11.9 Å². The van der Waals surface area contributed by atoms with Crippen molar-refractivity contribution in [2.24, 2.45) is 0 Å². The minimum Gasteiger partial charge on any atom is -0.311 e. The smallest absolute Gasteiger partial charge is 0.263 e. The highest BCUT2D eigenvalue weighted by Gasteiger charge is 2.19. The predicted octanol–water partition coefficient (Wildman–Crippen LogP) is 3.80. The fourth-order valence-electron chi connectivity index (χ4n) is 2.85. The summed E-state index contributed by atoms with van der Waals surface area (Å²) in [5.74, 6) is -0.122. The van der Waals surface area contributed by atoms with Crippen molar-refractivity contribution in [1.82, 2.24) is 9.55 Å². The highest BCUT2D eigenvalue weighted by Crippen LogP contribution is 2.24. The number of benzene rings is 1. The summed E-state index contributed by atoms with van der Waals surface area (Å²) >= 11 is 2.93. The molecule has 0 spiro atoms. The molecule has 1 aromatic carbocycles. The summed E-state index contributed by atoms with van der Waals surface area (Å²) in [4.78, 5) is 34.0. The van der Waals surface area contributed by atoms with E-state index in [4.69, 9.17) is 0 Å². The van der Waals surface area contributed by atoms with Crippen LogP contribution in [0.4, 0.5) is 5.69 Å². The van der Waals surface area contributed by atoms with Crippen molar-refractivity contribution in [1.29, 1.82) is 0 Å². The van der Waals surface area contributed by atoms with Gasteiger partial charge in [0.1, 0.15) is 11.4 Å². The summed E-state index contributed by atoms with van der Waals surface area (Å²) in [6.07, 6.45) is 2.74. The normalized spacial score (nSPS) is 11.0. The Labute approximate surface area is 160 Å². The molecule has 0 aliphatic carbocycles. The van der Waals surface area contributed by atoms with E-state index in [1.807, 2.05) is 49.6 Å². The second-order valence-corrected chi connectivity index (χ2v) is 7.64. The number of aromatic nitrogens is 2. The molecule has 0 bridgehead atoms. The van der Waals surface area contributed by atoms with Crippen molar-refractivity contribution >= 4 is 44.9 Å². The van der Waals surface area contributed by atoms with Gasteiger partial charge in [-0.2, -0.15) is 0 Å². The largest absolute Gasteiger partial charge is 0.311 e. The predicted molar refractivity (Wildman–Crippen MR) is 110 cm³/mol. The van der Waals surface area contributed by atoms with Crippen LogP contribution in [-0.4, -0.2) is 28.3 Å². The number of nitrogens with zero attached hydrogens (tertiary/aromatic N) is 3. The SMILES string of the molecule is CCc1cc2c(=O)n(CC(=O)N(CC)c3ccccc3)c(SC)nc2s1. The van der Waals surface area contributed by atoms with Crippen LogP contribution in [0.5, 0.6) is 0 Å². The monoisotopic (exact) mass is 387 g/mol. The number of thioether (sulfide) groups is 1. The van der Waals surface area contributed by atoms with Gasteiger partial charge < -0.3 is 4.90 Å². The van der Waals surface area contributed by atoms with E-state index in [1.54, 1.807) is 16.2 Å². The molecule has 3 aromatic rings. The van der Waals surface area contributed by atoms with Crippen molar-refractivity contribution < 1.29 is 4.79 Å². The molecule has 0 N–H and O–H groups in total. The van der Waals surface area contributed by atoms with Crippen LogP contribution in [0.3, 0.4) is 0 Å². The van der Waals surface area contributed by atoms with Crippen molar-refractivity contribution in [2.45, 2.75) is 32.0 Å². The van der Waals surface area contributed by atoms with Crippen molar-refractivity contribution in [3.8, 4) is 0 Å². The van der Waals surface area contributed by atoms with Gasteiger partial charge in [-0.1, -0.05) is 36.9 Å². The molecule has 7 heteroatoms. The van der Waals surface area contributed by atoms with E-state index in [1.165, 1.54) is 16.3 Å². The van der Waals surface area contributed by atoms with Crippen LogP contribution in [0, 0.1) is 0 Å². The fraction of sp³-hybridized carbons (Fsp3) is 0.316. The number of likely N-dealkylation sites (N-methyl/N-ethyl adjacent to an activating group) is 1. The minimum atomic E-state index is -0.146. The van der Waals surface area contributed by atoms with Crippen LogP contribution < -0.4 is 10.5 Å². The number of anilines is 1. The quantitative estimate of drug-likeness (QED) is 0.477. The Bertz CT molecular complexity index is 980. The Kier molecular flexibility index (Phi) is 5.78. The maximum absolute atomic E-state index is 13.0. The standard InChI is InChI=1S/C19H21N3O2S2/c1-4-14-11-15-17(26-14)20-19(25-3)22(18(15)24)12-16(23)21(5-2)13-9-7-6-8-10-13/h6-11H,4-5,12H2,1-3H3. The molecule has 136 valence electrons. The Morgan fingerprint density at radius 2 is 2.00 bits per heavy atom. The van der Waals surface area contributed by atoms with E-state index in [0.29, 0.717) is 17.1 Å². The van der Waals surface area contributed by atoms with Gasteiger partial charge in [-0.05, 0) is 37.8 Å². The maximum Gasteiger partial charge on any atom is 0.263 e. The topological polar surface area (TPSA) is 55.2 Å². The number of fused-ring (bicyclic) bond motifs is 1. The van der Waals surface area contributed by atoms with Gasteiger partial charge in [-0.15, -0.1) is 11.3 Å². The third-order valence-corrected chi connectivity index (χ3v) is 6.03. The number of hydrogen-bond acceptors (Lipinski definition) is 5. The third kappa shape index (κ3) is 3.54. The first kappa shape index (κ1) is 18.7. The molecule has 2 aromatic heterocycles. The number of thiophene rings is 1. The molecule has 0 saturated heterocycles. The Morgan fingerprint density at radius 1 is 1.27 bits per heavy atom. The van der Waals surface area contributed by atoms with Crippen molar-refractivity contribution in [2.75, 3.05) is 17.7 Å². The molecular formula is C19H21N3O2S2. The molecule has 2 heterocycles. The van der Waals surface area contributed by atoms with Gasteiger partial charge in [0.05, 0.1) is 5.39 Å². The van der Waals surface area contributed by atoms with Gasteiger partial charge in [0, 0.05) is 17.1 Å². The van der Waals surface area contributed by atoms with Crippen molar-refractivity contribution in [3.05, 3.63) is 51.6 Å². The molecule has 1 amide bonds. The summed E-state index contributed by atoms with van der Waals surface area (Å²) in [7, 11) is 0. The van der Waals surface area contributed by atoms with Gasteiger partial charge in [0.25, 0.3) is 5.56 Å². The average molecular weight is 388 g/mol. The molecule has 0 fully saturated rings. The zero-order valence-electron chi connectivity index (χ0n) is 15.1. The van der Waals surface area contributed by atoms with Gasteiger partial charge in [-0.25, -0.2) is 4.98 Å². The van der Waals surface area contributed by atoms with Crippen molar-refractivity contribution in [3.63, 3.8) is 0 Å². The van der Waals surface area contributed by atoms with E-state index in [-0.39, 0.29) is 18.0 Å². The summed E-state index contributed by atoms with van der Waals surface area (Å²) in [5.41, 5.74) is 0.685. The minimum absolute atomic E-state index is 0.0159. The Hall–Kier alpha value is -2.12. The number of carbonyl (C=O) groups excluding carboxylic acids is 1. The van der Waals surface area contributed by atoms with Gasteiger partial charge >= 0.3 is 0 Å². The molecule has 3 rings (SSSR count). The number of para-hydroxylation sites is 1. The van der Waals surface area contributed by atoms with E-state index in [0.717, 1.165) is 21.8 Å². The lowest BCUT2D eigenvalue weighted by Crippen LogP contribution is -2.37. The number of aryl methyl sites for hydroxylation is 1. The lowest BCUT2D eigenvalue weighted by atomic mass is 10.3. The zero-order valence-corrected chi connectivity index (χ0v) is 16.7. The summed E-state index contributed by atoms with van der Waals surface area (Å²) < 4.78 is 1.49.